The number of nitrogens with zero attached hydrogens (tertiary/aromatic N) is 3. The van der Waals surface area contributed by atoms with Gasteiger partial charge in [-0.2, -0.15) is 0 Å². The van der Waals surface area contributed by atoms with Crippen molar-refractivity contribution < 1.29 is 46.7 Å². The van der Waals surface area contributed by atoms with Crippen LogP contribution in [0.3, 0.4) is 0 Å². The van der Waals surface area contributed by atoms with Gasteiger partial charge in [-0.1, -0.05) is 37.6 Å². The van der Waals surface area contributed by atoms with Crippen molar-refractivity contribution in [3.63, 3.8) is 0 Å². The SMILES string of the molecule is CCC(=O)O[C@@H]1[C@H](OC(=O)CC)[C@@H](CO[P@]2(=O)OCC[C@@H](c3cccc(Cl)c3)O2)O[C@H]1n1cnc(C(N)=O)n1. The van der Waals surface area contributed by atoms with Crippen molar-refractivity contribution in [1.29, 1.82) is 0 Å². The van der Waals surface area contributed by atoms with Crippen LogP contribution in [0.15, 0.2) is 30.6 Å². The molecule has 0 aliphatic carbocycles. The summed E-state index contributed by atoms with van der Waals surface area (Å²) in [5, 5.41) is 4.47. The van der Waals surface area contributed by atoms with E-state index in [9.17, 15) is 18.9 Å². The predicted molar refractivity (Wildman–Crippen MR) is 132 cm³/mol. The highest BCUT2D eigenvalue weighted by atomic mass is 35.5. The smallest absolute Gasteiger partial charge is 0.455 e. The summed E-state index contributed by atoms with van der Waals surface area (Å²) in [5.74, 6) is -2.41. The number of amides is 1. The van der Waals surface area contributed by atoms with Gasteiger partial charge < -0.3 is 19.9 Å². The first kappa shape index (κ1) is 29.1. The number of esters is 2. The Kier molecular flexibility index (Phi) is 9.36. The summed E-state index contributed by atoms with van der Waals surface area (Å²) >= 11 is 6.08. The van der Waals surface area contributed by atoms with E-state index in [-0.39, 0.29) is 25.3 Å². The fourth-order valence-electron chi connectivity index (χ4n) is 3.98. The van der Waals surface area contributed by atoms with Crippen LogP contribution in [0.5, 0.6) is 0 Å². The minimum atomic E-state index is -4.09. The molecule has 14 nitrogen and oxygen atoms in total. The van der Waals surface area contributed by atoms with Gasteiger partial charge in [0.1, 0.15) is 12.4 Å². The quantitative estimate of drug-likeness (QED) is 0.318. The standard InChI is InChI=1S/C23H28ClN4O10P/c1-3-17(29)36-19-16(11-34-39(32)33-9-8-15(38-39)13-6-5-7-14(24)10-13)35-23(20(19)37-18(30)4-2)28-12-26-22(27-28)21(25)31/h5-7,10,12,15-16,19-20,23H,3-4,8-9,11H2,1-2H3,(H2,25,31)/t15-,16+,19+,20+,23+,39-/m0/s1. The summed E-state index contributed by atoms with van der Waals surface area (Å²) in [4.78, 5) is 39.9. The summed E-state index contributed by atoms with van der Waals surface area (Å²) in [6.45, 7) is 2.82. The number of aromatic nitrogens is 3. The zero-order valence-electron chi connectivity index (χ0n) is 21.1. The van der Waals surface area contributed by atoms with Gasteiger partial charge in [0.15, 0.2) is 18.4 Å². The summed E-state index contributed by atoms with van der Waals surface area (Å²) in [6.07, 6.45) is -3.69. The normalized spacial score (nSPS) is 28.6. The lowest BCUT2D eigenvalue weighted by molar-refractivity contribution is -0.168. The Labute approximate surface area is 228 Å². The van der Waals surface area contributed by atoms with Crippen LogP contribution in [0.1, 0.15) is 61.6 Å². The molecule has 16 heteroatoms. The highest BCUT2D eigenvalue weighted by Gasteiger charge is 2.52. The molecule has 2 saturated heterocycles. The van der Waals surface area contributed by atoms with Crippen LogP contribution in [-0.4, -0.2) is 64.1 Å². The highest BCUT2D eigenvalue weighted by molar-refractivity contribution is 7.48. The van der Waals surface area contributed by atoms with Gasteiger partial charge in [-0.3, -0.25) is 28.0 Å². The van der Waals surface area contributed by atoms with Crippen molar-refractivity contribution in [1.82, 2.24) is 14.8 Å². The number of phosphoric ester groups is 1. The molecule has 2 aliphatic rings. The summed E-state index contributed by atoms with van der Waals surface area (Å²) in [7, 11) is -4.09. The fourth-order valence-corrected chi connectivity index (χ4v) is 5.57. The molecule has 0 bridgehead atoms. The minimum Gasteiger partial charge on any atom is -0.455 e. The molecule has 2 aliphatic heterocycles. The second kappa shape index (κ2) is 12.5. The Morgan fingerprint density at radius 3 is 2.54 bits per heavy atom. The summed E-state index contributed by atoms with van der Waals surface area (Å²) in [6, 6.07) is 6.92. The van der Waals surface area contributed by atoms with E-state index in [2.05, 4.69) is 10.1 Å². The number of ether oxygens (including phenoxy) is 3. The largest absolute Gasteiger partial charge is 0.475 e. The molecule has 6 atom stereocenters. The molecule has 0 spiro atoms. The molecule has 1 amide bonds. The second-order valence-corrected chi connectivity index (χ2v) is 10.7. The van der Waals surface area contributed by atoms with E-state index >= 15 is 0 Å². The third-order valence-electron chi connectivity index (χ3n) is 5.89. The van der Waals surface area contributed by atoms with E-state index in [4.69, 9.17) is 45.1 Å². The van der Waals surface area contributed by atoms with Crippen LogP contribution in [0.25, 0.3) is 0 Å². The van der Waals surface area contributed by atoms with Crippen LogP contribution in [-0.2, 0) is 41.9 Å². The molecule has 2 aromatic rings. The van der Waals surface area contributed by atoms with E-state index < -0.39 is 62.9 Å². The molecule has 39 heavy (non-hydrogen) atoms. The lowest BCUT2D eigenvalue weighted by atomic mass is 10.1. The maximum atomic E-state index is 13.4. The first-order valence-corrected chi connectivity index (χ1v) is 14.0. The van der Waals surface area contributed by atoms with Crippen LogP contribution in [0.2, 0.25) is 5.02 Å². The molecule has 1 aromatic carbocycles. The first-order chi connectivity index (χ1) is 18.6. The molecule has 2 N–H and O–H groups in total. The maximum absolute atomic E-state index is 13.4. The number of hydrogen-bond donors (Lipinski definition) is 1. The van der Waals surface area contributed by atoms with Crippen LogP contribution >= 0.6 is 19.4 Å². The van der Waals surface area contributed by atoms with Gasteiger partial charge in [0.2, 0.25) is 5.82 Å². The van der Waals surface area contributed by atoms with Crippen molar-refractivity contribution in [2.75, 3.05) is 13.2 Å². The van der Waals surface area contributed by atoms with E-state index in [1.807, 2.05) is 0 Å². The minimum absolute atomic E-state index is 0.0182. The van der Waals surface area contributed by atoms with Gasteiger partial charge in [-0.15, -0.1) is 5.10 Å². The van der Waals surface area contributed by atoms with E-state index in [0.717, 1.165) is 11.0 Å². The molecule has 2 fully saturated rings. The third kappa shape index (κ3) is 7.02. The van der Waals surface area contributed by atoms with Gasteiger partial charge >= 0.3 is 19.8 Å². The molecular weight excluding hydrogens is 559 g/mol. The number of carbonyl (C=O) groups is 3. The molecular formula is C23H28ClN4O10P. The number of halogens is 1. The zero-order chi connectivity index (χ0) is 28.2. The average Bonchev–Trinajstić information content (AvgIpc) is 3.53. The molecule has 212 valence electrons. The van der Waals surface area contributed by atoms with E-state index in [1.165, 1.54) is 0 Å². The summed E-state index contributed by atoms with van der Waals surface area (Å²) in [5.41, 5.74) is 5.95. The number of nitrogens with two attached hydrogens (primary N) is 1. The van der Waals surface area contributed by atoms with E-state index in [0.29, 0.717) is 17.0 Å². The van der Waals surface area contributed by atoms with Crippen molar-refractivity contribution in [3.05, 3.63) is 47.0 Å². The number of hydrogen-bond acceptors (Lipinski definition) is 12. The molecule has 0 unspecified atom stereocenters. The number of carbonyl (C=O) groups excluding carboxylic acids is 3. The first-order valence-electron chi connectivity index (χ1n) is 12.2. The maximum Gasteiger partial charge on any atom is 0.475 e. The molecule has 0 radical (unpaired) electrons. The Balaban J connectivity index is 1.56. The van der Waals surface area contributed by atoms with Gasteiger partial charge in [0.05, 0.1) is 19.3 Å². The van der Waals surface area contributed by atoms with Crippen molar-refractivity contribution in [2.45, 2.75) is 63.8 Å². The second-order valence-electron chi connectivity index (χ2n) is 8.61. The highest BCUT2D eigenvalue weighted by Crippen LogP contribution is 2.57. The molecule has 1 aromatic heterocycles. The van der Waals surface area contributed by atoms with Crippen LogP contribution in [0.4, 0.5) is 0 Å². The number of benzene rings is 1. The van der Waals surface area contributed by atoms with Crippen LogP contribution in [0, 0.1) is 0 Å². The Bertz CT molecular complexity index is 1260. The Morgan fingerprint density at radius 1 is 1.18 bits per heavy atom. The van der Waals surface area contributed by atoms with Crippen molar-refractivity contribution in [2.24, 2.45) is 5.73 Å². The van der Waals surface area contributed by atoms with Gasteiger partial charge in [-0.25, -0.2) is 14.2 Å². The molecule has 0 saturated carbocycles. The Hall–Kier alpha value is -2.87. The zero-order valence-corrected chi connectivity index (χ0v) is 22.8. The average molecular weight is 587 g/mol. The third-order valence-corrected chi connectivity index (χ3v) is 7.60. The topological polar surface area (TPSA) is 180 Å². The molecule has 3 heterocycles. The van der Waals surface area contributed by atoms with Crippen molar-refractivity contribution in [3.8, 4) is 0 Å². The number of phosphoric acid groups is 1. The lowest BCUT2D eigenvalue weighted by Gasteiger charge is -2.30. The summed E-state index contributed by atoms with van der Waals surface area (Å²) < 4.78 is 48.2. The van der Waals surface area contributed by atoms with Crippen molar-refractivity contribution >= 4 is 37.3 Å². The predicted octanol–water partition coefficient (Wildman–Crippen LogP) is 2.87. The monoisotopic (exact) mass is 586 g/mol. The van der Waals surface area contributed by atoms with Gasteiger partial charge in [0.25, 0.3) is 5.91 Å². The molecule has 4 rings (SSSR count). The van der Waals surface area contributed by atoms with Gasteiger partial charge in [0, 0.05) is 24.3 Å². The Morgan fingerprint density at radius 2 is 1.90 bits per heavy atom. The van der Waals surface area contributed by atoms with Crippen LogP contribution < -0.4 is 5.73 Å². The number of primary amides is 1. The lowest BCUT2D eigenvalue weighted by Crippen LogP contribution is -2.41. The van der Waals surface area contributed by atoms with E-state index in [1.54, 1.807) is 38.1 Å². The number of rotatable bonds is 10. The van der Waals surface area contributed by atoms with Gasteiger partial charge in [-0.05, 0) is 17.7 Å². The fraction of sp³-hybridized carbons (Fsp3) is 0.522.